The van der Waals surface area contributed by atoms with Gasteiger partial charge in [0, 0.05) is 50.5 Å². The van der Waals surface area contributed by atoms with Gasteiger partial charge in [0.05, 0.1) is 19.2 Å². The molecule has 1 amide bonds. The molecule has 6 nitrogen and oxygen atoms in total. The van der Waals surface area contributed by atoms with Crippen molar-refractivity contribution in [3.63, 3.8) is 0 Å². The van der Waals surface area contributed by atoms with Crippen LogP contribution >= 0.6 is 11.3 Å². The number of benzene rings is 1. The summed E-state index contributed by atoms with van der Waals surface area (Å²) < 4.78 is 7.20. The summed E-state index contributed by atoms with van der Waals surface area (Å²) in [6.45, 7) is 4.41. The molecule has 142 valence electrons. The van der Waals surface area contributed by atoms with Crippen molar-refractivity contribution in [2.45, 2.75) is 19.4 Å². The molecule has 27 heavy (non-hydrogen) atoms. The minimum atomic E-state index is 0.173. The van der Waals surface area contributed by atoms with Crippen molar-refractivity contribution in [1.29, 1.82) is 0 Å². The van der Waals surface area contributed by atoms with Crippen LogP contribution in [0.1, 0.15) is 17.7 Å². The van der Waals surface area contributed by atoms with E-state index in [0.29, 0.717) is 6.42 Å². The van der Waals surface area contributed by atoms with Crippen molar-refractivity contribution in [2.24, 2.45) is 0 Å². The van der Waals surface area contributed by atoms with E-state index in [1.54, 1.807) is 18.4 Å². The largest absolute Gasteiger partial charge is 0.497 e. The second kappa shape index (κ2) is 8.10. The van der Waals surface area contributed by atoms with Crippen LogP contribution in [0.5, 0.6) is 5.75 Å². The molecule has 0 spiro atoms. The lowest BCUT2D eigenvalue weighted by Gasteiger charge is -2.22. The fourth-order valence-corrected chi connectivity index (χ4v) is 4.21. The molecule has 0 saturated carbocycles. The Morgan fingerprint density at radius 3 is 2.81 bits per heavy atom. The summed E-state index contributed by atoms with van der Waals surface area (Å²) in [5, 5.41) is 2.00. The van der Waals surface area contributed by atoms with Gasteiger partial charge in [-0.25, -0.2) is 4.98 Å². The van der Waals surface area contributed by atoms with E-state index in [-0.39, 0.29) is 5.91 Å². The summed E-state index contributed by atoms with van der Waals surface area (Å²) in [5.41, 5.74) is 2.12. The number of imidazole rings is 1. The van der Waals surface area contributed by atoms with Crippen molar-refractivity contribution < 1.29 is 9.53 Å². The van der Waals surface area contributed by atoms with Crippen molar-refractivity contribution in [2.75, 3.05) is 33.3 Å². The number of nitrogens with zero attached hydrogens (tertiary/aromatic N) is 4. The van der Waals surface area contributed by atoms with Gasteiger partial charge in [0.15, 0.2) is 4.96 Å². The zero-order valence-electron chi connectivity index (χ0n) is 15.5. The Morgan fingerprint density at radius 1 is 1.19 bits per heavy atom. The summed E-state index contributed by atoms with van der Waals surface area (Å²) in [6.07, 6.45) is 5.31. The van der Waals surface area contributed by atoms with E-state index in [2.05, 4.69) is 22.0 Å². The summed E-state index contributed by atoms with van der Waals surface area (Å²) in [5.74, 6) is 1.05. The molecule has 0 aliphatic carbocycles. The number of rotatable bonds is 5. The number of ether oxygens (including phenoxy) is 1. The summed E-state index contributed by atoms with van der Waals surface area (Å²) in [4.78, 5) is 22.6. The highest BCUT2D eigenvalue weighted by atomic mass is 32.1. The number of aromatic nitrogens is 2. The van der Waals surface area contributed by atoms with E-state index in [4.69, 9.17) is 4.74 Å². The smallest absolute Gasteiger partial charge is 0.228 e. The van der Waals surface area contributed by atoms with Crippen molar-refractivity contribution in [3.05, 3.63) is 53.3 Å². The lowest BCUT2D eigenvalue weighted by molar-refractivity contribution is -0.130. The molecule has 1 aromatic carbocycles. The lowest BCUT2D eigenvalue weighted by atomic mass is 10.2. The third kappa shape index (κ3) is 4.31. The van der Waals surface area contributed by atoms with Crippen LogP contribution in [0.2, 0.25) is 0 Å². The van der Waals surface area contributed by atoms with Crippen LogP contribution in [0.25, 0.3) is 4.96 Å². The topological polar surface area (TPSA) is 50.1 Å². The Balaban J connectivity index is 1.31. The third-order valence-corrected chi connectivity index (χ3v) is 5.75. The molecular formula is C20H24N4O2S. The first-order valence-corrected chi connectivity index (χ1v) is 10.1. The number of carbonyl (C=O) groups is 1. The van der Waals surface area contributed by atoms with Gasteiger partial charge in [-0.15, -0.1) is 11.3 Å². The number of amides is 1. The highest BCUT2D eigenvalue weighted by Crippen LogP contribution is 2.16. The molecule has 3 aromatic rings. The Hall–Kier alpha value is -2.38. The number of thiazole rings is 1. The SMILES string of the molecule is COc1ccc(CN2CCCN(C(=O)Cc3cn4ccsc4n3)CC2)cc1. The predicted octanol–water partition coefficient (Wildman–Crippen LogP) is 2.68. The van der Waals surface area contributed by atoms with Crippen LogP contribution in [-0.2, 0) is 17.8 Å². The van der Waals surface area contributed by atoms with Crippen LogP contribution in [0.15, 0.2) is 42.0 Å². The van der Waals surface area contributed by atoms with Crippen LogP contribution in [0.3, 0.4) is 0 Å². The Kier molecular flexibility index (Phi) is 5.40. The average molecular weight is 385 g/mol. The molecule has 4 rings (SSSR count). The second-order valence-electron chi connectivity index (χ2n) is 6.86. The second-order valence-corrected chi connectivity index (χ2v) is 7.73. The first kappa shape index (κ1) is 18.0. The van der Waals surface area contributed by atoms with Crippen LogP contribution in [0, 0.1) is 0 Å². The molecule has 0 unspecified atom stereocenters. The normalized spacial score (nSPS) is 15.8. The maximum Gasteiger partial charge on any atom is 0.228 e. The van der Waals surface area contributed by atoms with Crippen molar-refractivity contribution in [1.82, 2.24) is 19.2 Å². The summed E-state index contributed by atoms with van der Waals surface area (Å²) in [7, 11) is 1.68. The molecule has 1 saturated heterocycles. The van der Waals surface area contributed by atoms with E-state index >= 15 is 0 Å². The number of carbonyl (C=O) groups excluding carboxylic acids is 1. The molecule has 0 atom stereocenters. The van der Waals surface area contributed by atoms with Gasteiger partial charge in [-0.05, 0) is 24.1 Å². The van der Waals surface area contributed by atoms with E-state index in [9.17, 15) is 4.79 Å². The van der Waals surface area contributed by atoms with Gasteiger partial charge in [-0.1, -0.05) is 12.1 Å². The van der Waals surface area contributed by atoms with Crippen molar-refractivity contribution in [3.8, 4) is 5.75 Å². The highest BCUT2D eigenvalue weighted by molar-refractivity contribution is 7.15. The average Bonchev–Trinajstić information content (AvgIpc) is 3.17. The molecule has 1 aliphatic heterocycles. The molecular weight excluding hydrogens is 360 g/mol. The van der Waals surface area contributed by atoms with E-state index in [1.807, 2.05) is 39.2 Å². The number of methoxy groups -OCH3 is 1. The fraction of sp³-hybridized carbons (Fsp3) is 0.400. The van der Waals surface area contributed by atoms with Gasteiger partial charge in [-0.3, -0.25) is 14.1 Å². The van der Waals surface area contributed by atoms with E-state index < -0.39 is 0 Å². The molecule has 0 N–H and O–H groups in total. The Morgan fingerprint density at radius 2 is 2.04 bits per heavy atom. The molecule has 2 aromatic heterocycles. The monoisotopic (exact) mass is 384 g/mol. The maximum absolute atomic E-state index is 12.7. The number of hydrogen-bond acceptors (Lipinski definition) is 5. The maximum atomic E-state index is 12.7. The zero-order chi connectivity index (χ0) is 18.6. The minimum absolute atomic E-state index is 0.173. The van der Waals surface area contributed by atoms with Gasteiger partial charge in [0.25, 0.3) is 0 Å². The third-order valence-electron chi connectivity index (χ3n) is 4.98. The number of fused-ring (bicyclic) bond motifs is 1. The van der Waals surface area contributed by atoms with E-state index in [0.717, 1.165) is 55.5 Å². The van der Waals surface area contributed by atoms with Gasteiger partial charge >= 0.3 is 0 Å². The molecule has 0 radical (unpaired) electrons. The van der Waals surface area contributed by atoms with Gasteiger partial charge in [0.1, 0.15) is 5.75 Å². The minimum Gasteiger partial charge on any atom is -0.497 e. The highest BCUT2D eigenvalue weighted by Gasteiger charge is 2.20. The summed E-state index contributed by atoms with van der Waals surface area (Å²) in [6, 6.07) is 8.21. The number of hydrogen-bond donors (Lipinski definition) is 0. The van der Waals surface area contributed by atoms with Crippen molar-refractivity contribution >= 4 is 22.2 Å². The standard InChI is InChI=1S/C20H24N4O2S/c1-26-18-5-3-16(4-6-18)14-22-7-2-8-23(10-9-22)19(25)13-17-15-24-11-12-27-20(24)21-17/h3-6,11-12,15H,2,7-10,13-14H2,1H3. The quantitative estimate of drug-likeness (QED) is 0.679. The lowest BCUT2D eigenvalue weighted by Crippen LogP contribution is -2.36. The first-order valence-electron chi connectivity index (χ1n) is 9.25. The van der Waals surface area contributed by atoms with Crippen LogP contribution < -0.4 is 4.74 Å². The molecule has 0 bridgehead atoms. The van der Waals surface area contributed by atoms with Gasteiger partial charge < -0.3 is 9.64 Å². The molecule has 1 aliphatic rings. The van der Waals surface area contributed by atoms with Gasteiger partial charge in [0.2, 0.25) is 5.91 Å². The molecule has 1 fully saturated rings. The van der Waals surface area contributed by atoms with Gasteiger partial charge in [-0.2, -0.15) is 0 Å². The Bertz CT molecular complexity index is 874. The van der Waals surface area contributed by atoms with E-state index in [1.165, 1.54) is 5.56 Å². The fourth-order valence-electron chi connectivity index (χ4n) is 3.50. The summed E-state index contributed by atoms with van der Waals surface area (Å²) >= 11 is 1.59. The van der Waals surface area contributed by atoms with Crippen LogP contribution in [0.4, 0.5) is 0 Å². The predicted molar refractivity (Wildman–Crippen MR) is 106 cm³/mol. The molecule has 3 heterocycles. The Labute approximate surface area is 163 Å². The van der Waals surface area contributed by atoms with Crippen LogP contribution in [-0.4, -0.2) is 58.4 Å². The first-order chi connectivity index (χ1) is 13.2. The molecule has 7 heteroatoms. The zero-order valence-corrected chi connectivity index (χ0v) is 16.3.